The van der Waals surface area contributed by atoms with Gasteiger partial charge in [0.2, 0.25) is 0 Å². The summed E-state index contributed by atoms with van der Waals surface area (Å²) >= 11 is 5.84. The number of hydrogen-bond donors (Lipinski definition) is 1. The number of halogens is 4. The molecule has 1 aliphatic carbocycles. The van der Waals surface area contributed by atoms with E-state index in [-0.39, 0.29) is 17.1 Å². The molecule has 5 heteroatoms. The Labute approximate surface area is 103 Å². The lowest BCUT2D eigenvalue weighted by Gasteiger charge is -2.27. The highest BCUT2D eigenvalue weighted by atomic mass is 35.5. The van der Waals surface area contributed by atoms with Gasteiger partial charge in [-0.25, -0.2) is 0 Å². The highest BCUT2D eigenvalue weighted by Crippen LogP contribution is 2.35. The normalized spacial score (nSPS) is 16.9. The van der Waals surface area contributed by atoms with Crippen molar-refractivity contribution in [3.63, 3.8) is 0 Å². The third-order valence-electron chi connectivity index (χ3n) is 3.10. The van der Waals surface area contributed by atoms with E-state index in [4.69, 9.17) is 11.6 Å². The first-order chi connectivity index (χ1) is 7.98. The maximum absolute atomic E-state index is 12.8. The molecular formula is C12H13ClF3N. The standard InChI is InChI=1S/C12H13ClF3N/c13-11-6-2-5-10(12(14,15)16)9(11)7-17-8-3-1-4-8/h2,5-6,8,17H,1,3-4,7H2. The van der Waals surface area contributed by atoms with Crippen molar-refractivity contribution in [2.24, 2.45) is 0 Å². The molecule has 2 rings (SSSR count). The summed E-state index contributed by atoms with van der Waals surface area (Å²) in [5.74, 6) is 0. The first-order valence-corrected chi connectivity index (χ1v) is 5.94. The molecule has 0 amide bonds. The van der Waals surface area contributed by atoms with Crippen LogP contribution in [0.4, 0.5) is 13.2 Å². The van der Waals surface area contributed by atoms with Gasteiger partial charge >= 0.3 is 6.18 Å². The van der Waals surface area contributed by atoms with Gasteiger partial charge in [-0.05, 0) is 30.5 Å². The Morgan fingerprint density at radius 3 is 2.53 bits per heavy atom. The Bertz CT molecular complexity index is 399. The second kappa shape index (κ2) is 4.86. The zero-order valence-corrected chi connectivity index (χ0v) is 9.91. The van der Waals surface area contributed by atoms with Crippen LogP contribution in [0.1, 0.15) is 30.4 Å². The number of benzene rings is 1. The van der Waals surface area contributed by atoms with E-state index in [1.165, 1.54) is 12.1 Å². The number of nitrogens with one attached hydrogen (secondary N) is 1. The van der Waals surface area contributed by atoms with Crippen LogP contribution < -0.4 is 5.32 Å². The second-order valence-corrected chi connectivity index (χ2v) is 4.68. The molecule has 1 aromatic rings. The van der Waals surface area contributed by atoms with Gasteiger partial charge in [-0.2, -0.15) is 13.2 Å². The van der Waals surface area contributed by atoms with Gasteiger partial charge in [0.25, 0.3) is 0 Å². The first kappa shape index (κ1) is 12.7. The summed E-state index contributed by atoms with van der Waals surface area (Å²) in [6, 6.07) is 4.24. The third-order valence-corrected chi connectivity index (χ3v) is 3.45. The van der Waals surface area contributed by atoms with Crippen LogP contribution in [0.25, 0.3) is 0 Å². The average Bonchev–Trinajstić information content (AvgIpc) is 2.16. The molecule has 1 saturated carbocycles. The fourth-order valence-electron chi connectivity index (χ4n) is 1.86. The largest absolute Gasteiger partial charge is 0.416 e. The maximum Gasteiger partial charge on any atom is 0.416 e. The Hall–Kier alpha value is -0.740. The summed E-state index contributed by atoms with van der Waals surface area (Å²) in [5, 5.41) is 3.28. The zero-order chi connectivity index (χ0) is 12.5. The second-order valence-electron chi connectivity index (χ2n) is 4.27. The van der Waals surface area contributed by atoms with Gasteiger partial charge in [0.05, 0.1) is 5.56 Å². The van der Waals surface area contributed by atoms with Gasteiger partial charge in [-0.3, -0.25) is 0 Å². The summed E-state index contributed by atoms with van der Waals surface area (Å²) in [7, 11) is 0. The van der Waals surface area contributed by atoms with Crippen LogP contribution in [-0.4, -0.2) is 6.04 Å². The minimum atomic E-state index is -4.35. The van der Waals surface area contributed by atoms with Crippen molar-refractivity contribution >= 4 is 11.6 Å². The fourth-order valence-corrected chi connectivity index (χ4v) is 2.10. The third kappa shape index (κ3) is 2.93. The van der Waals surface area contributed by atoms with E-state index in [9.17, 15) is 13.2 Å². The number of rotatable bonds is 3. The molecule has 0 radical (unpaired) electrons. The van der Waals surface area contributed by atoms with E-state index in [0.717, 1.165) is 25.3 Å². The van der Waals surface area contributed by atoms with Gasteiger partial charge in [-0.15, -0.1) is 0 Å². The van der Waals surface area contributed by atoms with Crippen molar-refractivity contribution < 1.29 is 13.2 Å². The molecule has 0 spiro atoms. The van der Waals surface area contributed by atoms with Crippen molar-refractivity contribution in [1.82, 2.24) is 5.32 Å². The molecule has 1 aliphatic rings. The summed E-state index contributed by atoms with van der Waals surface area (Å²) in [6.45, 7) is 0.180. The summed E-state index contributed by atoms with van der Waals surface area (Å²) < 4.78 is 38.3. The van der Waals surface area contributed by atoms with Crippen LogP contribution in [0, 0.1) is 0 Å². The predicted octanol–water partition coefficient (Wildman–Crippen LogP) is 4.00. The predicted molar refractivity (Wildman–Crippen MR) is 60.9 cm³/mol. The molecule has 94 valence electrons. The molecule has 0 atom stereocenters. The van der Waals surface area contributed by atoms with Crippen molar-refractivity contribution in [1.29, 1.82) is 0 Å². The highest BCUT2D eigenvalue weighted by Gasteiger charge is 2.34. The molecule has 1 N–H and O–H groups in total. The Morgan fingerprint density at radius 2 is 2.00 bits per heavy atom. The monoisotopic (exact) mass is 263 g/mol. The molecule has 0 unspecified atom stereocenters. The van der Waals surface area contributed by atoms with Crippen LogP contribution in [-0.2, 0) is 12.7 Å². The minimum Gasteiger partial charge on any atom is -0.310 e. The molecule has 0 bridgehead atoms. The molecule has 1 nitrogen and oxygen atoms in total. The van der Waals surface area contributed by atoms with Crippen LogP contribution in [0.15, 0.2) is 18.2 Å². The van der Waals surface area contributed by atoms with Crippen molar-refractivity contribution in [3.05, 3.63) is 34.3 Å². The van der Waals surface area contributed by atoms with Gasteiger partial charge in [0.15, 0.2) is 0 Å². The van der Waals surface area contributed by atoms with E-state index in [2.05, 4.69) is 5.32 Å². The molecule has 17 heavy (non-hydrogen) atoms. The Kier molecular flexibility index (Phi) is 3.64. The lowest BCUT2D eigenvalue weighted by Crippen LogP contribution is -2.35. The topological polar surface area (TPSA) is 12.0 Å². The lowest BCUT2D eigenvalue weighted by atomic mass is 9.93. The first-order valence-electron chi connectivity index (χ1n) is 5.56. The SMILES string of the molecule is FC(F)(F)c1cccc(Cl)c1CNC1CCC1. The summed E-state index contributed by atoms with van der Waals surface area (Å²) in [6.07, 6.45) is -1.13. The van der Waals surface area contributed by atoms with Gasteiger partial charge in [0, 0.05) is 17.6 Å². The Morgan fingerprint density at radius 1 is 1.29 bits per heavy atom. The minimum absolute atomic E-state index is 0.147. The van der Waals surface area contributed by atoms with Gasteiger partial charge < -0.3 is 5.32 Å². The van der Waals surface area contributed by atoms with Gasteiger partial charge in [0.1, 0.15) is 0 Å². The molecular weight excluding hydrogens is 251 g/mol. The molecule has 0 aromatic heterocycles. The van der Waals surface area contributed by atoms with E-state index in [1.54, 1.807) is 0 Å². The number of hydrogen-bond acceptors (Lipinski definition) is 1. The smallest absolute Gasteiger partial charge is 0.310 e. The fraction of sp³-hybridized carbons (Fsp3) is 0.500. The van der Waals surface area contributed by atoms with Gasteiger partial charge in [-0.1, -0.05) is 24.1 Å². The summed E-state index contributed by atoms with van der Waals surface area (Å²) in [5.41, 5.74) is -0.495. The molecule has 0 heterocycles. The Balaban J connectivity index is 2.17. The van der Waals surface area contributed by atoms with Crippen molar-refractivity contribution in [2.45, 2.75) is 38.0 Å². The van der Waals surface area contributed by atoms with E-state index >= 15 is 0 Å². The zero-order valence-electron chi connectivity index (χ0n) is 9.15. The van der Waals surface area contributed by atoms with Crippen molar-refractivity contribution in [2.75, 3.05) is 0 Å². The molecule has 0 aliphatic heterocycles. The van der Waals surface area contributed by atoms with E-state index in [1.807, 2.05) is 0 Å². The highest BCUT2D eigenvalue weighted by molar-refractivity contribution is 6.31. The van der Waals surface area contributed by atoms with Crippen LogP contribution in [0.5, 0.6) is 0 Å². The van der Waals surface area contributed by atoms with E-state index < -0.39 is 11.7 Å². The average molecular weight is 264 g/mol. The number of alkyl halides is 3. The maximum atomic E-state index is 12.8. The molecule has 0 saturated heterocycles. The lowest BCUT2D eigenvalue weighted by molar-refractivity contribution is -0.138. The van der Waals surface area contributed by atoms with Crippen LogP contribution in [0.3, 0.4) is 0 Å². The molecule has 1 aromatic carbocycles. The van der Waals surface area contributed by atoms with Crippen molar-refractivity contribution in [3.8, 4) is 0 Å². The quantitative estimate of drug-likeness (QED) is 0.869. The van der Waals surface area contributed by atoms with Crippen LogP contribution in [0.2, 0.25) is 5.02 Å². The molecule has 1 fully saturated rings. The van der Waals surface area contributed by atoms with E-state index in [0.29, 0.717) is 6.04 Å². The van der Waals surface area contributed by atoms with Crippen LogP contribution >= 0.6 is 11.6 Å². The summed E-state index contributed by atoms with van der Waals surface area (Å²) in [4.78, 5) is 0.